The summed E-state index contributed by atoms with van der Waals surface area (Å²) in [6.45, 7) is 10.5. The van der Waals surface area contributed by atoms with Crippen LogP contribution in [0.2, 0.25) is 0 Å². The monoisotopic (exact) mass is 990 g/mol. The van der Waals surface area contributed by atoms with Gasteiger partial charge in [-0.1, -0.05) is 84.9 Å². The van der Waals surface area contributed by atoms with Gasteiger partial charge in [-0.2, -0.15) is 0 Å². The molecule has 15 atom stereocenters. The van der Waals surface area contributed by atoms with E-state index >= 15 is 0 Å². The first-order chi connectivity index (χ1) is 34.6. The molecule has 3 N–H and O–H groups in total. The molecule has 15 heteroatoms. The molecule has 1 amide bonds. The van der Waals surface area contributed by atoms with E-state index in [-0.39, 0.29) is 56.3 Å². The maximum Gasteiger partial charge on any atom is 0.329 e. The molecule has 0 aromatic carbocycles. The number of carbonyl (C=O) groups excluding carboxylic acids is 5. The second kappa shape index (κ2) is 27.0. The molecule has 2 saturated heterocycles. The summed E-state index contributed by atoms with van der Waals surface area (Å²) < 4.78 is 70.5. The summed E-state index contributed by atoms with van der Waals surface area (Å²) >= 11 is 0. The molecule has 15 nitrogen and oxygen atoms in total. The molecule has 0 aromatic heterocycles. The van der Waals surface area contributed by atoms with Crippen LogP contribution in [0.4, 0.5) is 0 Å². The standard InChI is InChI=1S/C55H87NO14/c1-33-18-14-13-16-24-54(8,9)39(7)38(6)49(60)50(67-12)48(59)36(4)28-34(2)43(58)32-46(35(3)29-40-21-23-44(68-27-26-57)47(30-40)66-11)69-53(63)42-19-15-17-25-56(42)52(62)51(61)55(64)37(5)20-22-41(70-55)31-45(33)65-10/h13-14,16,18,24,28,34-35,37-42,44-48,50,57,59,64H,15,17,19-23,25-27,29-32H2,1-12H3/b14-13+,24-16+,33-18+,36-28+/t34-,35-,37-,38-,39?,40+,41+,42+,44-,45+,46+,47-,48-,50-,55-/m1/s1/i2D3,39D. The third kappa shape index (κ3) is 15.1. The van der Waals surface area contributed by atoms with Crippen molar-refractivity contribution in [3.63, 3.8) is 0 Å². The zero-order chi connectivity index (χ0) is 55.5. The molecule has 0 radical (unpaired) electrons. The lowest BCUT2D eigenvalue weighted by atomic mass is 9.71. The Bertz CT molecular complexity index is 2050. The number of ether oxygens (including phenoxy) is 6. The quantitative estimate of drug-likeness (QED) is 0.123. The number of ketones is 3. The molecule has 1 aliphatic carbocycles. The number of nitrogens with zero attached hydrogens (tertiary/aromatic N) is 1. The molecule has 4 aliphatic rings. The van der Waals surface area contributed by atoms with Crippen LogP contribution in [0.15, 0.2) is 47.6 Å². The minimum atomic E-state index is -2.97. The van der Waals surface area contributed by atoms with Crippen molar-refractivity contribution in [2.75, 3.05) is 41.1 Å². The van der Waals surface area contributed by atoms with E-state index in [2.05, 4.69) is 0 Å². The minimum Gasteiger partial charge on any atom is -0.460 e. The fraction of sp³-hybridized carbons (Fsp3) is 0.764. The van der Waals surface area contributed by atoms with Crippen molar-refractivity contribution >= 4 is 29.2 Å². The van der Waals surface area contributed by atoms with E-state index in [0.29, 0.717) is 51.4 Å². The van der Waals surface area contributed by atoms with Crippen molar-refractivity contribution in [1.82, 2.24) is 4.90 Å². The Hall–Kier alpha value is -3.41. The molecule has 70 heavy (non-hydrogen) atoms. The van der Waals surface area contributed by atoms with E-state index in [4.69, 9.17) is 32.5 Å². The number of rotatable bonds is 9. The van der Waals surface area contributed by atoms with Crippen molar-refractivity contribution in [2.24, 2.45) is 40.9 Å². The molecule has 4 rings (SSSR count). The summed E-state index contributed by atoms with van der Waals surface area (Å²) in [6.07, 6.45) is 7.55. The molecule has 396 valence electrons. The van der Waals surface area contributed by atoms with Gasteiger partial charge in [-0.15, -0.1) is 0 Å². The number of esters is 1. The Morgan fingerprint density at radius 1 is 0.914 bits per heavy atom. The average Bonchev–Trinajstić information content (AvgIpc) is 3.35. The number of hydrogen-bond donors (Lipinski definition) is 3. The van der Waals surface area contributed by atoms with Gasteiger partial charge in [0.1, 0.15) is 30.1 Å². The first-order valence-electron chi connectivity index (χ1n) is 27.3. The highest BCUT2D eigenvalue weighted by Crippen LogP contribution is 2.39. The van der Waals surface area contributed by atoms with Crippen LogP contribution in [-0.4, -0.2) is 145 Å². The first-order valence-corrected chi connectivity index (χ1v) is 25.3. The van der Waals surface area contributed by atoms with E-state index in [1.165, 1.54) is 21.1 Å². The number of amides is 1. The maximum absolute atomic E-state index is 14.6. The number of allylic oxidation sites excluding steroid dienone is 6. The van der Waals surface area contributed by atoms with Crippen LogP contribution >= 0.6 is 0 Å². The van der Waals surface area contributed by atoms with Crippen LogP contribution in [0.1, 0.15) is 138 Å². The first kappa shape index (κ1) is 52.9. The fourth-order valence-electron chi connectivity index (χ4n) is 10.5. The summed E-state index contributed by atoms with van der Waals surface area (Å²) in [5.41, 5.74) is -0.162. The van der Waals surface area contributed by atoms with Crippen LogP contribution in [-0.2, 0) is 52.4 Å². The summed E-state index contributed by atoms with van der Waals surface area (Å²) in [5, 5.41) is 33.1. The van der Waals surface area contributed by atoms with E-state index in [9.17, 15) is 40.7 Å². The Morgan fingerprint density at radius 2 is 1.64 bits per heavy atom. The minimum absolute atomic E-state index is 0.00831. The van der Waals surface area contributed by atoms with Gasteiger partial charge in [-0.05, 0) is 106 Å². The average molecular weight is 990 g/mol. The molecule has 3 fully saturated rings. The van der Waals surface area contributed by atoms with E-state index in [1.807, 2.05) is 26.8 Å². The number of methoxy groups -OCH3 is 3. The molecule has 3 heterocycles. The van der Waals surface area contributed by atoms with Crippen LogP contribution in [0.25, 0.3) is 0 Å². The Labute approximate surface area is 423 Å². The summed E-state index contributed by atoms with van der Waals surface area (Å²) in [7, 11) is 4.34. The van der Waals surface area contributed by atoms with Gasteiger partial charge in [0, 0.05) is 64.0 Å². The fourth-order valence-corrected chi connectivity index (χ4v) is 10.5. The topological polar surface area (TPSA) is 205 Å². The summed E-state index contributed by atoms with van der Waals surface area (Å²) in [6, 6.07) is -1.29. The molecule has 1 unspecified atom stereocenters. The highest BCUT2D eigenvalue weighted by atomic mass is 16.6. The van der Waals surface area contributed by atoms with Gasteiger partial charge >= 0.3 is 5.97 Å². The molecule has 2 bridgehead atoms. The van der Waals surface area contributed by atoms with Crippen LogP contribution in [0.5, 0.6) is 0 Å². The number of aliphatic hydroxyl groups is 3. The Morgan fingerprint density at radius 3 is 2.30 bits per heavy atom. The number of piperidine rings is 1. The van der Waals surface area contributed by atoms with Crippen LogP contribution in [0.3, 0.4) is 0 Å². The highest BCUT2D eigenvalue weighted by molar-refractivity contribution is 6.39. The van der Waals surface area contributed by atoms with Gasteiger partial charge < -0.3 is 48.6 Å². The second-order valence-electron chi connectivity index (χ2n) is 20.8. The van der Waals surface area contributed by atoms with Gasteiger partial charge in [0.25, 0.3) is 11.7 Å². The van der Waals surface area contributed by atoms with Crippen molar-refractivity contribution in [3.05, 3.63) is 47.6 Å². The third-order valence-electron chi connectivity index (χ3n) is 15.6. The lowest BCUT2D eigenvalue weighted by molar-refractivity contribution is -0.265. The largest absolute Gasteiger partial charge is 0.460 e. The second-order valence-corrected chi connectivity index (χ2v) is 20.8. The lowest BCUT2D eigenvalue weighted by Crippen LogP contribution is -2.61. The highest BCUT2D eigenvalue weighted by Gasteiger charge is 2.53. The predicted molar refractivity (Wildman–Crippen MR) is 265 cm³/mol. The van der Waals surface area contributed by atoms with Gasteiger partial charge in [-0.25, -0.2) is 4.79 Å². The normalized spacial score (nSPS) is 41.2. The SMILES string of the molecule is [2H]C([2H])([2H])[C@@H]1/C=C(\C)[C@@H](O)[C@@H](OC)C(=O)[C@H](C)C([2H])(C)C(C)(C)/C=C/C=C/C=C(\C)[C@@H](OC)C[C@@H]2CC[C@@H](C)[C@@](O)(O2)C(=O)C(=O)N2CCCC[C@H]2C(=O)O[C@H]([C@H](C)C[C@@H]2CC[C@@H](OCCO)[C@H](OC)C2)CC1=O. The molecule has 0 aromatic rings. The molecule has 3 aliphatic heterocycles. The van der Waals surface area contributed by atoms with Crippen molar-refractivity contribution < 1.29 is 73.2 Å². The smallest absolute Gasteiger partial charge is 0.329 e. The lowest BCUT2D eigenvalue weighted by Gasteiger charge is -2.42. The number of Topliss-reactive ketones (excluding diaryl/α,β-unsaturated/α-hetero) is 3. The van der Waals surface area contributed by atoms with Crippen LogP contribution < -0.4 is 0 Å². The number of fused-ring (bicyclic) bond motifs is 3. The van der Waals surface area contributed by atoms with E-state index in [0.717, 1.165) is 16.5 Å². The van der Waals surface area contributed by atoms with Crippen molar-refractivity contribution in [1.29, 1.82) is 0 Å². The number of aliphatic hydroxyl groups excluding tert-OH is 2. The van der Waals surface area contributed by atoms with Crippen molar-refractivity contribution in [3.8, 4) is 0 Å². The van der Waals surface area contributed by atoms with E-state index in [1.54, 1.807) is 59.1 Å². The zero-order valence-electron chi connectivity index (χ0n) is 47.6. The number of hydrogen-bond acceptors (Lipinski definition) is 14. The Balaban J connectivity index is 1.82. The summed E-state index contributed by atoms with van der Waals surface area (Å²) in [4.78, 5) is 73.3. The van der Waals surface area contributed by atoms with Crippen molar-refractivity contribution in [2.45, 2.75) is 187 Å². The molecular weight excluding hydrogens is 899 g/mol. The van der Waals surface area contributed by atoms with E-state index < -0.39 is 120 Å². The zero-order valence-corrected chi connectivity index (χ0v) is 43.6. The number of cyclic esters (lactones) is 1. The molecular formula is C55H87NO14. The van der Waals surface area contributed by atoms with Gasteiger partial charge in [0.2, 0.25) is 5.79 Å². The third-order valence-corrected chi connectivity index (χ3v) is 15.6. The van der Waals surface area contributed by atoms with Gasteiger partial charge in [0.15, 0.2) is 5.78 Å². The molecule has 0 spiro atoms. The van der Waals surface area contributed by atoms with Gasteiger partial charge in [-0.3, -0.25) is 19.2 Å². The predicted octanol–water partition coefficient (Wildman–Crippen LogP) is 6.83. The van der Waals surface area contributed by atoms with Gasteiger partial charge in [0.05, 0.1) is 37.6 Å². The number of carbonyl (C=O) groups is 5. The van der Waals surface area contributed by atoms with Crippen LogP contribution in [0, 0.1) is 40.9 Å². The maximum atomic E-state index is 14.6. The molecule has 1 saturated carbocycles. The Kier molecular flexibility index (Phi) is 20.4. The summed E-state index contributed by atoms with van der Waals surface area (Å²) in [5.74, 6) is -12.9.